The van der Waals surface area contributed by atoms with Crippen LogP contribution in [0.25, 0.3) is 0 Å². The zero-order valence-corrected chi connectivity index (χ0v) is 23.2. The fourth-order valence-corrected chi connectivity index (χ4v) is 7.16. The normalized spacial score (nSPS) is 26.0. The van der Waals surface area contributed by atoms with E-state index in [4.69, 9.17) is 0 Å². The molecule has 5 atom stereocenters. The number of nitrogens with zero attached hydrogens (tertiary/aromatic N) is 3. The SMILES string of the molecule is Cc1cc(F)ccc1C1C(N2C3CCCC2CC3)CCN1C(=O)N(C)[C@@H](C)c1cc(C(F)(F)F)cc(C(F)(F)F)c1. The predicted octanol–water partition coefficient (Wildman–Crippen LogP) is 8.12. The van der Waals surface area contributed by atoms with Crippen molar-refractivity contribution in [3.05, 3.63) is 70.0 Å². The number of benzene rings is 2. The summed E-state index contributed by atoms with van der Waals surface area (Å²) in [5.74, 6) is -0.396. The molecule has 11 heteroatoms. The molecule has 41 heavy (non-hydrogen) atoms. The highest BCUT2D eigenvalue weighted by molar-refractivity contribution is 5.76. The summed E-state index contributed by atoms with van der Waals surface area (Å²) in [5, 5.41) is 0. The van der Waals surface area contributed by atoms with Gasteiger partial charge in [-0.05, 0) is 93.0 Å². The summed E-state index contributed by atoms with van der Waals surface area (Å²) >= 11 is 0. The van der Waals surface area contributed by atoms with Crippen LogP contribution in [0.2, 0.25) is 0 Å². The third-order valence-electron chi connectivity index (χ3n) is 9.27. The molecule has 0 spiro atoms. The summed E-state index contributed by atoms with van der Waals surface area (Å²) in [6, 6.07) is 4.68. The number of amides is 2. The summed E-state index contributed by atoms with van der Waals surface area (Å²) in [6.45, 7) is 3.58. The number of halogens is 7. The molecule has 4 unspecified atom stereocenters. The van der Waals surface area contributed by atoms with E-state index in [0.717, 1.165) is 37.7 Å². The molecule has 5 rings (SSSR count). The molecule has 224 valence electrons. The van der Waals surface area contributed by atoms with Gasteiger partial charge in [-0.15, -0.1) is 0 Å². The van der Waals surface area contributed by atoms with Crippen LogP contribution in [0.4, 0.5) is 35.5 Å². The molecule has 3 fully saturated rings. The topological polar surface area (TPSA) is 26.8 Å². The smallest absolute Gasteiger partial charge is 0.321 e. The minimum atomic E-state index is -4.99. The van der Waals surface area contributed by atoms with Crippen molar-refractivity contribution in [1.82, 2.24) is 14.7 Å². The summed E-state index contributed by atoms with van der Waals surface area (Å²) in [5.41, 5.74) is -1.62. The van der Waals surface area contributed by atoms with Crippen molar-refractivity contribution in [3.63, 3.8) is 0 Å². The number of alkyl halides is 6. The average Bonchev–Trinajstić information content (AvgIpc) is 3.42. The van der Waals surface area contributed by atoms with Crippen molar-refractivity contribution in [3.8, 4) is 0 Å². The van der Waals surface area contributed by atoms with Crippen molar-refractivity contribution >= 4 is 6.03 Å². The highest BCUT2D eigenvalue weighted by Gasteiger charge is 2.49. The van der Waals surface area contributed by atoms with E-state index in [9.17, 15) is 35.5 Å². The second-order valence-electron chi connectivity index (χ2n) is 11.7. The number of piperidine rings is 1. The number of carbonyl (C=O) groups excluding carboxylic acids is 1. The fourth-order valence-electron chi connectivity index (χ4n) is 7.16. The van der Waals surface area contributed by atoms with Crippen LogP contribution in [0.15, 0.2) is 36.4 Å². The zero-order valence-electron chi connectivity index (χ0n) is 23.2. The van der Waals surface area contributed by atoms with Gasteiger partial charge in [0.05, 0.1) is 23.2 Å². The van der Waals surface area contributed by atoms with Crippen LogP contribution in [0.5, 0.6) is 0 Å². The van der Waals surface area contributed by atoms with E-state index >= 15 is 0 Å². The highest BCUT2D eigenvalue weighted by atomic mass is 19.4. The van der Waals surface area contributed by atoms with Gasteiger partial charge in [-0.2, -0.15) is 26.3 Å². The summed E-state index contributed by atoms with van der Waals surface area (Å²) in [7, 11) is 1.40. The molecule has 2 bridgehead atoms. The van der Waals surface area contributed by atoms with Gasteiger partial charge in [-0.25, -0.2) is 9.18 Å². The molecule has 0 N–H and O–H groups in total. The van der Waals surface area contributed by atoms with Gasteiger partial charge in [0.2, 0.25) is 0 Å². The van der Waals surface area contributed by atoms with Gasteiger partial charge in [0.15, 0.2) is 0 Å². The van der Waals surface area contributed by atoms with Crippen molar-refractivity contribution in [1.29, 1.82) is 0 Å². The number of hydrogen-bond donors (Lipinski definition) is 0. The summed E-state index contributed by atoms with van der Waals surface area (Å²) in [6.07, 6.45) is -3.84. The number of fused-ring (bicyclic) bond motifs is 2. The maximum atomic E-state index is 14.1. The van der Waals surface area contributed by atoms with Gasteiger partial charge in [0.1, 0.15) is 5.82 Å². The Morgan fingerprint density at radius 1 is 0.902 bits per heavy atom. The molecule has 0 aromatic heterocycles. The second kappa shape index (κ2) is 10.8. The molecule has 2 aromatic rings. The monoisotopic (exact) mass is 585 g/mol. The molecule has 4 nitrogen and oxygen atoms in total. The van der Waals surface area contributed by atoms with E-state index in [1.54, 1.807) is 17.9 Å². The van der Waals surface area contributed by atoms with Crippen LogP contribution >= 0.6 is 0 Å². The Hall–Kier alpha value is -2.82. The van der Waals surface area contributed by atoms with Crippen molar-refractivity contribution in [2.75, 3.05) is 13.6 Å². The van der Waals surface area contributed by atoms with Crippen LogP contribution in [-0.2, 0) is 12.4 Å². The molecule has 0 radical (unpaired) electrons. The van der Waals surface area contributed by atoms with Crippen molar-refractivity contribution in [2.24, 2.45) is 0 Å². The van der Waals surface area contributed by atoms with Crippen LogP contribution < -0.4 is 0 Å². The quantitative estimate of drug-likeness (QED) is 0.339. The molecule has 3 heterocycles. The number of likely N-dealkylation sites (tertiary alicyclic amines) is 1. The fraction of sp³-hybridized carbons (Fsp3) is 0.567. The van der Waals surface area contributed by atoms with Crippen LogP contribution in [-0.4, -0.2) is 52.4 Å². The average molecular weight is 586 g/mol. The molecule has 0 aliphatic carbocycles. The first-order valence-electron chi connectivity index (χ1n) is 14.0. The highest BCUT2D eigenvalue weighted by Crippen LogP contribution is 2.46. The van der Waals surface area contributed by atoms with Gasteiger partial charge in [0, 0.05) is 31.7 Å². The van der Waals surface area contributed by atoms with E-state index < -0.39 is 47.4 Å². The summed E-state index contributed by atoms with van der Waals surface area (Å²) in [4.78, 5) is 19.4. The molecule has 3 aliphatic rings. The molecular formula is C30H34F7N3O. The lowest BCUT2D eigenvalue weighted by atomic mass is 9.91. The Morgan fingerprint density at radius 2 is 1.49 bits per heavy atom. The Labute approximate surface area is 235 Å². The number of carbonyl (C=O) groups is 1. The molecule has 2 amide bonds. The number of aryl methyl sites for hydroxylation is 1. The largest absolute Gasteiger partial charge is 0.416 e. The molecule has 0 saturated carbocycles. The Balaban J connectivity index is 1.49. The van der Waals surface area contributed by atoms with E-state index in [1.165, 1.54) is 31.0 Å². The number of urea groups is 1. The molecule has 3 saturated heterocycles. The standard InChI is InChI=1S/C30H34F7N3O/c1-17-13-22(31)7-10-25(17)27-26(40-23-5-4-6-24(40)9-8-23)11-12-39(27)28(41)38(3)18(2)19-14-20(29(32,33)34)16-21(15-19)30(35,36)37/h7,10,13-16,18,23-24,26-27H,4-6,8-9,11-12H2,1-3H3/t18-,23?,24?,26?,27?/m0/s1. The van der Waals surface area contributed by atoms with Gasteiger partial charge in [-0.1, -0.05) is 12.5 Å². The lowest BCUT2D eigenvalue weighted by Gasteiger charge is -2.43. The molecule has 2 aromatic carbocycles. The summed E-state index contributed by atoms with van der Waals surface area (Å²) < 4.78 is 95.1. The van der Waals surface area contributed by atoms with E-state index in [-0.39, 0.29) is 17.7 Å². The Morgan fingerprint density at radius 3 is 2.02 bits per heavy atom. The Kier molecular flexibility index (Phi) is 7.80. The van der Waals surface area contributed by atoms with Gasteiger partial charge in [-0.3, -0.25) is 4.90 Å². The minimum absolute atomic E-state index is 0.0185. The van der Waals surface area contributed by atoms with Crippen LogP contribution in [0.3, 0.4) is 0 Å². The maximum Gasteiger partial charge on any atom is 0.416 e. The van der Waals surface area contributed by atoms with Crippen molar-refractivity contribution < 1.29 is 35.5 Å². The lowest BCUT2D eigenvalue weighted by molar-refractivity contribution is -0.143. The zero-order chi connectivity index (χ0) is 29.9. The number of hydrogen-bond acceptors (Lipinski definition) is 2. The van der Waals surface area contributed by atoms with Crippen molar-refractivity contribution in [2.45, 2.75) is 94.9 Å². The maximum absolute atomic E-state index is 14.1. The van der Waals surface area contributed by atoms with E-state index in [1.807, 2.05) is 0 Å². The molecular weight excluding hydrogens is 551 g/mol. The number of rotatable bonds is 4. The third kappa shape index (κ3) is 5.66. The third-order valence-corrected chi connectivity index (χ3v) is 9.27. The van der Waals surface area contributed by atoms with E-state index in [0.29, 0.717) is 42.7 Å². The first-order valence-corrected chi connectivity index (χ1v) is 14.0. The Bertz CT molecular complexity index is 1250. The van der Waals surface area contributed by atoms with Crippen LogP contribution in [0.1, 0.15) is 85.3 Å². The van der Waals surface area contributed by atoms with E-state index in [2.05, 4.69) is 4.90 Å². The predicted molar refractivity (Wildman–Crippen MR) is 140 cm³/mol. The molecule has 3 aliphatic heterocycles. The first-order chi connectivity index (χ1) is 19.2. The van der Waals surface area contributed by atoms with Gasteiger partial charge < -0.3 is 9.80 Å². The minimum Gasteiger partial charge on any atom is -0.321 e. The first kappa shape index (κ1) is 29.7. The van der Waals surface area contributed by atoms with Crippen LogP contribution in [0, 0.1) is 12.7 Å². The van der Waals surface area contributed by atoms with Gasteiger partial charge in [0.25, 0.3) is 0 Å². The van der Waals surface area contributed by atoms with Gasteiger partial charge >= 0.3 is 18.4 Å². The lowest BCUT2D eigenvalue weighted by Crippen LogP contribution is -2.50. The second-order valence-corrected chi connectivity index (χ2v) is 11.7.